The highest BCUT2D eigenvalue weighted by atomic mass is 16.6. The lowest BCUT2D eigenvalue weighted by molar-refractivity contribution is 0.0131. The molecular formula is C26H29N5O4. The van der Waals surface area contributed by atoms with Crippen molar-refractivity contribution >= 4 is 17.6 Å². The lowest BCUT2D eigenvalue weighted by Crippen LogP contribution is -2.48. The first-order valence-electron chi connectivity index (χ1n) is 11.4. The maximum absolute atomic E-state index is 13.9. The van der Waals surface area contributed by atoms with Crippen LogP contribution in [0.15, 0.2) is 35.3 Å². The largest absolute Gasteiger partial charge is 0.444 e. The summed E-state index contributed by atoms with van der Waals surface area (Å²) in [5, 5.41) is 7.14. The summed E-state index contributed by atoms with van der Waals surface area (Å²) in [6.07, 6.45) is 7.44. The third-order valence-electron chi connectivity index (χ3n) is 5.98. The molecule has 35 heavy (non-hydrogen) atoms. The molecule has 0 spiro atoms. The van der Waals surface area contributed by atoms with Gasteiger partial charge in [-0.25, -0.2) is 9.31 Å². The smallest absolute Gasteiger partial charge is 0.410 e. The molecule has 1 aliphatic rings. The highest BCUT2D eigenvalue weighted by molar-refractivity contribution is 5.94. The van der Waals surface area contributed by atoms with Crippen LogP contribution in [0.5, 0.6) is 0 Å². The Morgan fingerprint density at radius 3 is 2.54 bits per heavy atom. The van der Waals surface area contributed by atoms with E-state index in [1.165, 1.54) is 0 Å². The number of benzene rings is 1. The third kappa shape index (κ3) is 4.39. The van der Waals surface area contributed by atoms with Crippen molar-refractivity contribution in [3.8, 4) is 18.0 Å². The van der Waals surface area contributed by atoms with E-state index in [9.17, 15) is 14.4 Å². The number of rotatable bonds is 3. The molecule has 4 rings (SSSR count). The lowest BCUT2D eigenvalue weighted by atomic mass is 9.99. The van der Waals surface area contributed by atoms with Crippen LogP contribution in [0.2, 0.25) is 0 Å². The summed E-state index contributed by atoms with van der Waals surface area (Å²) in [6.45, 7) is 7.54. The number of ether oxygens (including phenoxy) is 1. The van der Waals surface area contributed by atoms with E-state index in [1.54, 1.807) is 51.5 Å². The van der Waals surface area contributed by atoms with Crippen molar-refractivity contribution in [3.63, 3.8) is 0 Å². The van der Waals surface area contributed by atoms with Gasteiger partial charge in [0.15, 0.2) is 0 Å². The Morgan fingerprint density at radius 2 is 1.94 bits per heavy atom. The summed E-state index contributed by atoms with van der Waals surface area (Å²) < 4.78 is 8.88. The first kappa shape index (κ1) is 24.1. The molecule has 1 aromatic carbocycles. The van der Waals surface area contributed by atoms with E-state index in [1.807, 2.05) is 27.7 Å². The molecular weight excluding hydrogens is 446 g/mol. The molecule has 0 fully saturated rings. The Kier molecular flexibility index (Phi) is 6.15. The van der Waals surface area contributed by atoms with E-state index in [0.29, 0.717) is 40.1 Å². The summed E-state index contributed by atoms with van der Waals surface area (Å²) in [5.74, 6) is 2.41. The standard InChI is InChI=1S/C26H29N5O4/c1-7-8-18-14-28-31-21-15-29(25(34)35-26(3,4)5)16(2)13-20(21)24(33)30(23(18)31)19-11-9-17(10-12-19)22(32)27-6/h1,9-12,14,16H,8,13,15H2,2-6H3,(H,27,32). The van der Waals surface area contributed by atoms with E-state index in [0.717, 1.165) is 0 Å². The second-order valence-corrected chi connectivity index (χ2v) is 9.64. The number of hydrogen-bond acceptors (Lipinski definition) is 5. The second kappa shape index (κ2) is 8.95. The Labute approximate surface area is 203 Å². The minimum absolute atomic E-state index is 0.185. The third-order valence-corrected chi connectivity index (χ3v) is 5.98. The van der Waals surface area contributed by atoms with Gasteiger partial charge in [0.2, 0.25) is 0 Å². The van der Waals surface area contributed by atoms with Gasteiger partial charge in [-0.1, -0.05) is 0 Å². The van der Waals surface area contributed by atoms with Gasteiger partial charge in [-0.05, 0) is 52.0 Å². The molecule has 1 atom stereocenters. The number of hydrogen-bond donors (Lipinski definition) is 1. The average molecular weight is 476 g/mol. The van der Waals surface area contributed by atoms with E-state index in [2.05, 4.69) is 16.3 Å². The molecule has 2 amide bonds. The quantitative estimate of drug-likeness (QED) is 0.588. The van der Waals surface area contributed by atoms with Crippen molar-refractivity contribution in [1.82, 2.24) is 24.4 Å². The predicted octanol–water partition coefficient (Wildman–Crippen LogP) is 2.70. The molecule has 2 aromatic heterocycles. The molecule has 3 heterocycles. The first-order valence-corrected chi connectivity index (χ1v) is 11.4. The van der Waals surface area contributed by atoms with Gasteiger partial charge in [-0.2, -0.15) is 5.10 Å². The van der Waals surface area contributed by atoms with Crippen molar-refractivity contribution in [2.75, 3.05) is 7.05 Å². The normalized spacial score (nSPS) is 15.4. The number of fused-ring (bicyclic) bond motifs is 3. The Morgan fingerprint density at radius 1 is 1.26 bits per heavy atom. The van der Waals surface area contributed by atoms with Crippen LogP contribution >= 0.6 is 0 Å². The molecule has 0 radical (unpaired) electrons. The zero-order chi connectivity index (χ0) is 25.5. The molecule has 0 saturated heterocycles. The zero-order valence-electron chi connectivity index (χ0n) is 20.6. The van der Waals surface area contributed by atoms with Crippen molar-refractivity contribution < 1.29 is 14.3 Å². The topological polar surface area (TPSA) is 97.9 Å². The Bertz CT molecular complexity index is 1400. The van der Waals surface area contributed by atoms with E-state index >= 15 is 0 Å². The molecule has 0 aliphatic carbocycles. The molecule has 9 heteroatoms. The van der Waals surface area contributed by atoms with Crippen LogP contribution in [0.1, 0.15) is 54.9 Å². The summed E-state index contributed by atoms with van der Waals surface area (Å²) in [5.41, 5.74) is 2.71. The number of carbonyl (C=O) groups is 2. The monoisotopic (exact) mass is 475 g/mol. The van der Waals surface area contributed by atoms with Gasteiger partial charge in [0.05, 0.1) is 24.1 Å². The number of nitrogens with one attached hydrogen (secondary N) is 1. The van der Waals surface area contributed by atoms with Crippen LogP contribution in [-0.4, -0.2) is 49.8 Å². The van der Waals surface area contributed by atoms with Gasteiger partial charge < -0.3 is 10.1 Å². The van der Waals surface area contributed by atoms with Gasteiger partial charge in [0.1, 0.15) is 11.2 Å². The van der Waals surface area contributed by atoms with Gasteiger partial charge in [0, 0.05) is 42.6 Å². The van der Waals surface area contributed by atoms with E-state index in [4.69, 9.17) is 11.2 Å². The van der Waals surface area contributed by atoms with Crippen LogP contribution in [-0.2, 0) is 24.1 Å². The maximum Gasteiger partial charge on any atom is 0.410 e. The van der Waals surface area contributed by atoms with Crippen LogP contribution in [0.25, 0.3) is 11.3 Å². The molecule has 0 saturated carbocycles. The van der Waals surface area contributed by atoms with Crippen molar-refractivity contribution in [2.24, 2.45) is 0 Å². The highest BCUT2D eigenvalue weighted by Gasteiger charge is 2.34. The van der Waals surface area contributed by atoms with Crippen molar-refractivity contribution in [3.05, 3.63) is 63.2 Å². The summed E-state index contributed by atoms with van der Waals surface area (Å²) in [7, 11) is 1.56. The average Bonchev–Trinajstić information content (AvgIpc) is 3.21. The summed E-state index contributed by atoms with van der Waals surface area (Å²) in [4.78, 5) is 40.4. The van der Waals surface area contributed by atoms with Crippen molar-refractivity contribution in [2.45, 2.75) is 58.7 Å². The van der Waals surface area contributed by atoms with Crippen LogP contribution in [0, 0.1) is 12.3 Å². The van der Waals surface area contributed by atoms with Gasteiger partial charge in [-0.15, -0.1) is 12.3 Å². The lowest BCUT2D eigenvalue weighted by Gasteiger charge is -2.36. The molecule has 182 valence electrons. The predicted molar refractivity (Wildman–Crippen MR) is 132 cm³/mol. The highest BCUT2D eigenvalue weighted by Crippen LogP contribution is 2.26. The number of amides is 2. The zero-order valence-corrected chi connectivity index (χ0v) is 20.6. The number of aromatic nitrogens is 3. The number of nitrogens with zero attached hydrogens (tertiary/aromatic N) is 4. The second-order valence-electron chi connectivity index (χ2n) is 9.64. The minimum Gasteiger partial charge on any atom is -0.444 e. The maximum atomic E-state index is 13.9. The van der Waals surface area contributed by atoms with Crippen molar-refractivity contribution in [1.29, 1.82) is 0 Å². The Hall–Kier alpha value is -4.06. The minimum atomic E-state index is -0.637. The molecule has 1 aliphatic heterocycles. The molecule has 9 nitrogen and oxygen atoms in total. The summed E-state index contributed by atoms with van der Waals surface area (Å²) >= 11 is 0. The fraction of sp³-hybridized carbons (Fsp3) is 0.385. The fourth-order valence-corrected chi connectivity index (χ4v) is 4.33. The van der Waals surface area contributed by atoms with Gasteiger partial charge in [0.25, 0.3) is 11.5 Å². The summed E-state index contributed by atoms with van der Waals surface area (Å²) in [6, 6.07) is 6.54. The van der Waals surface area contributed by atoms with Crippen LogP contribution < -0.4 is 10.9 Å². The first-order chi connectivity index (χ1) is 16.6. The number of carbonyl (C=O) groups excluding carboxylic acids is 2. The molecule has 0 bridgehead atoms. The molecule has 3 aromatic rings. The fourth-order valence-electron chi connectivity index (χ4n) is 4.33. The number of terminal acetylenes is 1. The Balaban J connectivity index is 1.90. The molecule has 1 N–H and O–H groups in total. The van der Waals surface area contributed by atoms with Gasteiger partial charge >= 0.3 is 6.09 Å². The van der Waals surface area contributed by atoms with Crippen LogP contribution in [0.3, 0.4) is 0 Å². The van der Waals surface area contributed by atoms with Crippen LogP contribution in [0.4, 0.5) is 4.79 Å². The molecule has 1 unspecified atom stereocenters. The SMILES string of the molecule is C#CCc1cnn2c3c(c(=O)n(-c4ccc(C(=O)NC)cc4)c12)CC(C)N(C(=O)OC(C)(C)C)C3. The van der Waals surface area contributed by atoms with E-state index < -0.39 is 11.7 Å². The van der Waals surface area contributed by atoms with E-state index in [-0.39, 0.29) is 30.5 Å². The van der Waals surface area contributed by atoms with Gasteiger partial charge in [-0.3, -0.25) is 19.1 Å².